The van der Waals surface area contributed by atoms with Crippen molar-refractivity contribution in [3.05, 3.63) is 94.0 Å². The van der Waals surface area contributed by atoms with Crippen molar-refractivity contribution in [2.24, 2.45) is 0 Å². The molecule has 0 radical (unpaired) electrons. The number of hydrogen-bond acceptors (Lipinski definition) is 2. The molecule has 0 aromatic heterocycles. The summed E-state index contributed by atoms with van der Waals surface area (Å²) in [5.74, 6) is 2.43. The predicted molar refractivity (Wildman–Crippen MR) is 162 cm³/mol. The summed E-state index contributed by atoms with van der Waals surface area (Å²) in [4.78, 5) is 0. The number of rotatable bonds is 11. The van der Waals surface area contributed by atoms with Gasteiger partial charge in [0.1, 0.15) is 18.1 Å². The molecule has 0 aliphatic rings. The largest absolute Gasteiger partial charge is 0.543 e. The molecule has 200 valence electrons. The molecule has 2 nitrogen and oxygen atoms in total. The zero-order chi connectivity index (χ0) is 27.3. The average Bonchev–Trinajstić information content (AvgIpc) is 2.83. The fraction of sp³-hybridized carbons (Fsp3) is 0.471. The zero-order valence-electron chi connectivity index (χ0n) is 24.8. The van der Waals surface area contributed by atoms with Gasteiger partial charge in [-0.2, -0.15) is 0 Å². The van der Waals surface area contributed by atoms with E-state index in [0.29, 0.717) is 29.1 Å². The third-order valence-electron chi connectivity index (χ3n) is 7.99. The Kier molecular flexibility index (Phi) is 9.69. The van der Waals surface area contributed by atoms with Crippen molar-refractivity contribution in [2.45, 2.75) is 105 Å². The van der Waals surface area contributed by atoms with Gasteiger partial charge in [0.2, 0.25) is 0 Å². The first-order valence-electron chi connectivity index (χ1n) is 14.0. The summed E-state index contributed by atoms with van der Waals surface area (Å²) in [7, 11) is -1.98. The van der Waals surface area contributed by atoms with Gasteiger partial charge in [-0.3, -0.25) is 0 Å². The monoisotopic (exact) mass is 516 g/mol. The summed E-state index contributed by atoms with van der Waals surface area (Å²) in [6.45, 7) is 23.6. The molecular weight excluding hydrogens is 468 g/mol. The first-order chi connectivity index (χ1) is 17.5. The van der Waals surface area contributed by atoms with Crippen molar-refractivity contribution in [3.8, 4) is 11.5 Å². The molecule has 0 aliphatic heterocycles. The number of hydrogen-bond donors (Lipinski definition) is 0. The molecule has 3 aromatic carbocycles. The summed E-state index contributed by atoms with van der Waals surface area (Å²) in [6.07, 6.45) is 0.914. The van der Waals surface area contributed by atoms with Crippen molar-refractivity contribution in [3.63, 3.8) is 0 Å². The molecule has 0 saturated carbocycles. The maximum atomic E-state index is 7.01. The molecule has 0 amide bonds. The second kappa shape index (κ2) is 12.3. The summed E-state index contributed by atoms with van der Waals surface area (Å²) in [5, 5.41) is 0. The first-order valence-corrected chi connectivity index (χ1v) is 16.2. The quantitative estimate of drug-likeness (QED) is 0.236. The average molecular weight is 517 g/mol. The van der Waals surface area contributed by atoms with Crippen molar-refractivity contribution >= 4 is 8.32 Å². The van der Waals surface area contributed by atoms with Gasteiger partial charge in [-0.05, 0) is 94.4 Å². The smallest absolute Gasteiger partial charge is 0.258 e. The van der Waals surface area contributed by atoms with Crippen molar-refractivity contribution in [2.75, 3.05) is 0 Å². The first kappa shape index (κ1) is 29.0. The minimum absolute atomic E-state index is 0.393. The zero-order valence-corrected chi connectivity index (χ0v) is 25.8. The topological polar surface area (TPSA) is 18.5 Å². The van der Waals surface area contributed by atoms with E-state index in [9.17, 15) is 0 Å². The van der Waals surface area contributed by atoms with Crippen molar-refractivity contribution < 1.29 is 9.16 Å². The molecule has 3 heteroatoms. The second-order valence-corrected chi connectivity index (χ2v) is 17.3. The molecule has 37 heavy (non-hydrogen) atoms. The Morgan fingerprint density at radius 2 is 1.24 bits per heavy atom. The lowest BCUT2D eigenvalue weighted by Gasteiger charge is -2.42. The van der Waals surface area contributed by atoms with Crippen LogP contribution in [0.5, 0.6) is 11.5 Å². The third-order valence-corrected chi connectivity index (χ3v) is 14.0. The van der Waals surface area contributed by atoms with Crippen LogP contribution in [0.1, 0.15) is 94.7 Å². The second-order valence-electron chi connectivity index (χ2n) is 11.9. The van der Waals surface area contributed by atoms with Gasteiger partial charge in [0.15, 0.2) is 0 Å². The molecule has 3 aromatic rings. The van der Waals surface area contributed by atoms with Crippen LogP contribution in [0.15, 0.2) is 60.7 Å². The van der Waals surface area contributed by atoms with E-state index in [4.69, 9.17) is 9.16 Å². The fourth-order valence-corrected chi connectivity index (χ4v) is 11.3. The Bertz CT molecular complexity index is 1120. The maximum Gasteiger partial charge on any atom is 0.258 e. The standard InChI is InChI=1S/C34H48O2Si/c1-23(2)32-20-30(16-17-34(32)35-22-29-14-12-11-13-15-29)21-33-27(9)18-31(19-28(33)10)36-37(24(3)4,25(5)6)26(7)8/h11-20,23-26H,21-22H2,1-10H3. The Labute approximate surface area is 227 Å². The lowest BCUT2D eigenvalue weighted by Crippen LogP contribution is -2.50. The van der Waals surface area contributed by atoms with Gasteiger partial charge in [0.25, 0.3) is 8.32 Å². The van der Waals surface area contributed by atoms with E-state index in [1.807, 2.05) is 6.07 Å². The number of benzene rings is 3. The highest BCUT2D eigenvalue weighted by molar-refractivity contribution is 6.78. The van der Waals surface area contributed by atoms with E-state index in [-0.39, 0.29) is 0 Å². The van der Waals surface area contributed by atoms with Crippen LogP contribution in [0.2, 0.25) is 16.6 Å². The SMILES string of the molecule is Cc1cc(O[Si](C(C)C)(C(C)C)C(C)C)cc(C)c1Cc1ccc(OCc2ccccc2)c(C(C)C)c1. The predicted octanol–water partition coefficient (Wildman–Crippen LogP) is 10.2. The minimum atomic E-state index is -1.98. The molecule has 0 aliphatic carbocycles. The van der Waals surface area contributed by atoms with Crippen LogP contribution < -0.4 is 9.16 Å². The van der Waals surface area contributed by atoms with E-state index in [0.717, 1.165) is 17.9 Å². The summed E-state index contributed by atoms with van der Waals surface area (Å²) < 4.78 is 13.2. The minimum Gasteiger partial charge on any atom is -0.543 e. The van der Waals surface area contributed by atoms with Crippen LogP contribution in [0.25, 0.3) is 0 Å². The Morgan fingerprint density at radius 1 is 0.676 bits per heavy atom. The van der Waals surface area contributed by atoms with E-state index < -0.39 is 8.32 Å². The van der Waals surface area contributed by atoms with Crippen LogP contribution in [-0.2, 0) is 13.0 Å². The highest BCUT2D eigenvalue weighted by Crippen LogP contribution is 2.43. The van der Waals surface area contributed by atoms with Gasteiger partial charge < -0.3 is 9.16 Å². The highest BCUT2D eigenvalue weighted by Gasteiger charge is 2.47. The normalized spacial score (nSPS) is 12.2. The van der Waals surface area contributed by atoms with Crippen LogP contribution in [0.4, 0.5) is 0 Å². The fourth-order valence-electron chi connectivity index (χ4n) is 6.08. The molecule has 0 bridgehead atoms. The molecule has 0 unspecified atom stereocenters. The highest BCUT2D eigenvalue weighted by atomic mass is 28.4. The van der Waals surface area contributed by atoms with Crippen molar-refractivity contribution in [1.29, 1.82) is 0 Å². The third kappa shape index (κ3) is 6.68. The number of ether oxygens (including phenoxy) is 1. The van der Waals surface area contributed by atoms with E-state index >= 15 is 0 Å². The molecule has 0 saturated heterocycles. The molecular formula is C34H48O2Si. The molecule has 0 fully saturated rings. The Morgan fingerprint density at radius 3 is 1.76 bits per heavy atom. The summed E-state index contributed by atoms with van der Waals surface area (Å²) in [6, 6.07) is 21.6. The lowest BCUT2D eigenvalue weighted by atomic mass is 9.93. The van der Waals surface area contributed by atoms with Gasteiger partial charge in [0, 0.05) is 0 Å². The Hall–Kier alpha value is -2.52. The van der Waals surface area contributed by atoms with Crippen LogP contribution in [0, 0.1) is 13.8 Å². The van der Waals surface area contributed by atoms with Gasteiger partial charge in [0.05, 0.1) is 0 Å². The maximum absolute atomic E-state index is 7.01. The molecule has 0 heterocycles. The van der Waals surface area contributed by atoms with Gasteiger partial charge >= 0.3 is 0 Å². The van der Waals surface area contributed by atoms with Crippen LogP contribution >= 0.6 is 0 Å². The molecule has 0 atom stereocenters. The van der Waals surface area contributed by atoms with Gasteiger partial charge in [-0.1, -0.05) is 97.9 Å². The van der Waals surface area contributed by atoms with Crippen LogP contribution in [-0.4, -0.2) is 8.32 Å². The summed E-state index contributed by atoms with van der Waals surface area (Å²) in [5.41, 5.74) is 9.48. The van der Waals surface area contributed by atoms with E-state index in [1.165, 1.54) is 33.4 Å². The van der Waals surface area contributed by atoms with Gasteiger partial charge in [-0.15, -0.1) is 0 Å². The van der Waals surface area contributed by atoms with Crippen molar-refractivity contribution in [1.82, 2.24) is 0 Å². The molecule has 0 N–H and O–H groups in total. The van der Waals surface area contributed by atoms with Crippen LogP contribution in [0.3, 0.4) is 0 Å². The van der Waals surface area contributed by atoms with E-state index in [2.05, 4.69) is 124 Å². The lowest BCUT2D eigenvalue weighted by molar-refractivity contribution is 0.301. The number of aryl methyl sites for hydroxylation is 2. The van der Waals surface area contributed by atoms with Gasteiger partial charge in [-0.25, -0.2) is 0 Å². The Balaban J connectivity index is 1.85. The molecule has 3 rings (SSSR count). The summed E-state index contributed by atoms with van der Waals surface area (Å²) >= 11 is 0. The molecule has 0 spiro atoms. The van der Waals surface area contributed by atoms with E-state index in [1.54, 1.807) is 0 Å².